The quantitative estimate of drug-likeness (QED) is 0.286. The molecule has 0 saturated heterocycles. The molecule has 1 aliphatic heterocycles. The van der Waals surface area contributed by atoms with Crippen LogP contribution < -0.4 is 21.1 Å². The summed E-state index contributed by atoms with van der Waals surface area (Å²) in [6.45, 7) is 6.02. The van der Waals surface area contributed by atoms with Crippen molar-refractivity contribution >= 4 is 23.6 Å². The summed E-state index contributed by atoms with van der Waals surface area (Å²) in [4.78, 5) is 39.2. The summed E-state index contributed by atoms with van der Waals surface area (Å²) in [7, 11) is 0. The standard InChI is InChI=1S/C34H40N4O4/c1-34(2,3)42-33(41)36-29(24-26-14-8-5-9-15-26)32(40)35-28(19-18-25-12-6-4-7-13-25)20-21-31(39)37-38-23-22-27-16-10-11-17-30(27)38/h4-17,20-21,28-29H,18-19,22-24H2,1-3H3,(H,35,40)(H,36,41)(H,37,39)/b21-20+/t28?,29-/m0/s1. The molecule has 3 amide bonds. The van der Waals surface area contributed by atoms with Gasteiger partial charge in [-0.1, -0.05) is 84.9 Å². The molecule has 8 heteroatoms. The van der Waals surface area contributed by atoms with Crippen molar-refractivity contribution in [3.8, 4) is 0 Å². The third-order valence-corrected chi connectivity index (χ3v) is 6.82. The number of rotatable bonds is 11. The highest BCUT2D eigenvalue weighted by molar-refractivity contribution is 5.90. The van der Waals surface area contributed by atoms with Crippen LogP contribution in [-0.4, -0.2) is 42.1 Å². The SMILES string of the molecule is CC(C)(C)OC(=O)N[C@@H](Cc1ccccc1)C(=O)NC(/C=C/C(=O)NN1CCc2ccccc21)CCc1ccccc1. The van der Waals surface area contributed by atoms with Crippen molar-refractivity contribution in [2.45, 2.75) is 64.1 Å². The van der Waals surface area contributed by atoms with Crippen LogP contribution in [0.4, 0.5) is 10.5 Å². The first-order valence-electron chi connectivity index (χ1n) is 14.4. The lowest BCUT2D eigenvalue weighted by atomic mass is 10.0. The zero-order valence-electron chi connectivity index (χ0n) is 24.5. The number of para-hydroxylation sites is 1. The second kappa shape index (κ2) is 14.3. The van der Waals surface area contributed by atoms with Gasteiger partial charge in [-0.3, -0.25) is 20.0 Å². The normalized spacial score (nSPS) is 14.1. The van der Waals surface area contributed by atoms with Crippen molar-refractivity contribution in [1.82, 2.24) is 16.1 Å². The molecular weight excluding hydrogens is 528 g/mol. The van der Waals surface area contributed by atoms with E-state index in [0.29, 0.717) is 19.4 Å². The fraction of sp³-hybridized carbons (Fsp3) is 0.324. The number of hydrazine groups is 1. The fourth-order valence-corrected chi connectivity index (χ4v) is 4.80. The van der Waals surface area contributed by atoms with E-state index in [9.17, 15) is 14.4 Å². The molecule has 220 valence electrons. The molecule has 3 aromatic rings. The van der Waals surface area contributed by atoms with Crippen molar-refractivity contribution in [2.24, 2.45) is 0 Å². The Morgan fingerprint density at radius 2 is 1.52 bits per heavy atom. The van der Waals surface area contributed by atoms with Gasteiger partial charge in [-0.2, -0.15) is 0 Å². The average molecular weight is 569 g/mol. The Kier molecular flexibility index (Phi) is 10.4. The van der Waals surface area contributed by atoms with Gasteiger partial charge in [-0.25, -0.2) is 4.79 Å². The number of ether oxygens (including phenoxy) is 1. The summed E-state index contributed by atoms with van der Waals surface area (Å²) < 4.78 is 5.43. The maximum Gasteiger partial charge on any atom is 0.408 e. The molecule has 1 aliphatic rings. The third kappa shape index (κ3) is 9.51. The molecule has 0 aromatic heterocycles. The van der Waals surface area contributed by atoms with Crippen LogP contribution in [0, 0.1) is 0 Å². The van der Waals surface area contributed by atoms with Crippen LogP contribution in [0.25, 0.3) is 0 Å². The van der Waals surface area contributed by atoms with E-state index in [4.69, 9.17) is 4.74 Å². The smallest absolute Gasteiger partial charge is 0.408 e. The molecular formula is C34H40N4O4. The zero-order chi connectivity index (χ0) is 30.0. The molecule has 4 rings (SSSR count). The molecule has 1 unspecified atom stereocenters. The number of aryl methyl sites for hydroxylation is 1. The minimum absolute atomic E-state index is 0.279. The first-order chi connectivity index (χ1) is 20.2. The minimum Gasteiger partial charge on any atom is -0.444 e. The van der Waals surface area contributed by atoms with Crippen LogP contribution in [-0.2, 0) is 33.6 Å². The van der Waals surface area contributed by atoms with Gasteiger partial charge < -0.3 is 15.4 Å². The molecule has 0 saturated carbocycles. The van der Waals surface area contributed by atoms with E-state index in [1.165, 1.54) is 11.6 Å². The Labute approximate surface area is 248 Å². The van der Waals surface area contributed by atoms with Gasteiger partial charge in [0.25, 0.3) is 5.91 Å². The maximum atomic E-state index is 13.6. The third-order valence-electron chi connectivity index (χ3n) is 6.82. The van der Waals surface area contributed by atoms with Crippen molar-refractivity contribution in [2.75, 3.05) is 11.6 Å². The summed E-state index contributed by atoms with van der Waals surface area (Å²) >= 11 is 0. The van der Waals surface area contributed by atoms with Crippen molar-refractivity contribution in [3.63, 3.8) is 0 Å². The zero-order valence-corrected chi connectivity index (χ0v) is 24.5. The summed E-state index contributed by atoms with van der Waals surface area (Å²) in [5.41, 5.74) is 6.44. The van der Waals surface area contributed by atoms with E-state index in [1.807, 2.05) is 83.9 Å². The van der Waals surface area contributed by atoms with Crippen molar-refractivity contribution < 1.29 is 19.1 Å². The number of nitrogens with one attached hydrogen (secondary N) is 3. The second-order valence-corrected chi connectivity index (χ2v) is 11.4. The number of alkyl carbamates (subject to hydrolysis) is 1. The molecule has 0 fully saturated rings. The lowest BCUT2D eigenvalue weighted by molar-refractivity contribution is -0.123. The summed E-state index contributed by atoms with van der Waals surface area (Å²) in [5.74, 6) is -0.639. The Balaban J connectivity index is 1.47. The number of nitrogens with zero attached hydrogens (tertiary/aromatic N) is 1. The molecule has 0 aliphatic carbocycles. The summed E-state index contributed by atoms with van der Waals surface area (Å²) in [6.07, 6.45) is 4.92. The highest BCUT2D eigenvalue weighted by atomic mass is 16.6. The molecule has 42 heavy (non-hydrogen) atoms. The number of hydrogen-bond acceptors (Lipinski definition) is 5. The Bertz CT molecular complexity index is 1370. The van der Waals surface area contributed by atoms with Gasteiger partial charge in [-0.15, -0.1) is 0 Å². The number of hydrogen-bond donors (Lipinski definition) is 3. The van der Waals surface area contributed by atoms with Gasteiger partial charge in [0.1, 0.15) is 11.6 Å². The van der Waals surface area contributed by atoms with Crippen LogP contribution in [0.1, 0.15) is 43.9 Å². The van der Waals surface area contributed by atoms with Gasteiger partial charge in [0.05, 0.1) is 5.69 Å². The maximum absolute atomic E-state index is 13.6. The lowest BCUT2D eigenvalue weighted by Gasteiger charge is -2.25. The monoisotopic (exact) mass is 568 g/mol. The predicted molar refractivity (Wildman–Crippen MR) is 165 cm³/mol. The average Bonchev–Trinajstić information content (AvgIpc) is 3.36. The van der Waals surface area contributed by atoms with E-state index in [2.05, 4.69) is 22.1 Å². The van der Waals surface area contributed by atoms with Gasteiger partial charge in [0, 0.05) is 25.1 Å². The molecule has 2 atom stereocenters. The lowest BCUT2D eigenvalue weighted by Crippen LogP contribution is -2.51. The van der Waals surface area contributed by atoms with Gasteiger partial charge in [0.2, 0.25) is 5.91 Å². The second-order valence-electron chi connectivity index (χ2n) is 11.4. The minimum atomic E-state index is -0.871. The van der Waals surface area contributed by atoms with Crippen LogP contribution in [0.15, 0.2) is 97.1 Å². The van der Waals surface area contributed by atoms with E-state index in [0.717, 1.165) is 23.2 Å². The van der Waals surface area contributed by atoms with Gasteiger partial charge in [0.15, 0.2) is 0 Å². The summed E-state index contributed by atoms with van der Waals surface area (Å²) in [5, 5.41) is 7.64. The molecule has 3 N–H and O–H groups in total. The van der Waals surface area contributed by atoms with E-state index in [-0.39, 0.29) is 18.2 Å². The number of benzene rings is 3. The molecule has 0 bridgehead atoms. The fourth-order valence-electron chi connectivity index (χ4n) is 4.80. The Hall–Kier alpha value is -4.59. The number of carbonyl (C=O) groups is 3. The van der Waals surface area contributed by atoms with Crippen LogP contribution in [0.5, 0.6) is 0 Å². The first kappa shape index (κ1) is 30.4. The first-order valence-corrected chi connectivity index (χ1v) is 14.4. The number of fused-ring (bicyclic) bond motifs is 1. The highest BCUT2D eigenvalue weighted by Crippen LogP contribution is 2.25. The topological polar surface area (TPSA) is 99.8 Å². The Morgan fingerprint density at radius 3 is 2.21 bits per heavy atom. The molecule has 8 nitrogen and oxygen atoms in total. The molecule has 0 spiro atoms. The number of anilines is 1. The van der Waals surface area contributed by atoms with E-state index >= 15 is 0 Å². The number of carbonyl (C=O) groups excluding carboxylic acids is 3. The number of amides is 3. The molecule has 1 heterocycles. The highest BCUT2D eigenvalue weighted by Gasteiger charge is 2.26. The largest absolute Gasteiger partial charge is 0.444 e. The van der Waals surface area contributed by atoms with E-state index in [1.54, 1.807) is 26.8 Å². The van der Waals surface area contributed by atoms with Crippen molar-refractivity contribution in [3.05, 3.63) is 114 Å². The van der Waals surface area contributed by atoms with Crippen molar-refractivity contribution in [1.29, 1.82) is 0 Å². The van der Waals surface area contributed by atoms with E-state index < -0.39 is 23.8 Å². The van der Waals surface area contributed by atoms with Gasteiger partial charge >= 0.3 is 6.09 Å². The van der Waals surface area contributed by atoms with Crippen LogP contribution >= 0.6 is 0 Å². The molecule has 0 radical (unpaired) electrons. The van der Waals surface area contributed by atoms with Gasteiger partial charge in [-0.05, 0) is 62.8 Å². The van der Waals surface area contributed by atoms with Crippen LogP contribution in [0.2, 0.25) is 0 Å². The predicted octanol–water partition coefficient (Wildman–Crippen LogP) is 4.89. The van der Waals surface area contributed by atoms with Crippen LogP contribution in [0.3, 0.4) is 0 Å². The Morgan fingerprint density at radius 1 is 0.881 bits per heavy atom. The molecule has 3 aromatic carbocycles. The summed E-state index contributed by atoms with van der Waals surface area (Å²) in [6, 6.07) is 26.1.